The number of nitrogens with one attached hydrogen (secondary N) is 2. The first-order valence-corrected chi connectivity index (χ1v) is 8.66. The van der Waals surface area contributed by atoms with Gasteiger partial charge in [-0.25, -0.2) is 10.2 Å². The average molecular weight is 380 g/mol. The Bertz CT molecular complexity index is 816. The van der Waals surface area contributed by atoms with Gasteiger partial charge in [-0.3, -0.25) is 9.59 Å². The van der Waals surface area contributed by atoms with Gasteiger partial charge in [0.05, 0.1) is 18.5 Å². The lowest BCUT2D eigenvalue weighted by molar-refractivity contribution is 0.182. The quantitative estimate of drug-likeness (QED) is 0.815. The molecule has 0 unspecified atom stereocenters. The molecule has 2 aromatic heterocycles. The number of ether oxygens (including phenoxy) is 1. The van der Waals surface area contributed by atoms with Gasteiger partial charge in [-0.15, -0.1) is 9.58 Å². The van der Waals surface area contributed by atoms with E-state index in [0.29, 0.717) is 12.1 Å². The number of aryl methyl sites for hydroxylation is 2. The number of amides is 1. The Hall–Kier alpha value is -3.17. The van der Waals surface area contributed by atoms with Crippen molar-refractivity contribution in [3.8, 4) is 0 Å². The van der Waals surface area contributed by atoms with E-state index in [1.165, 1.54) is 24.0 Å². The molecule has 0 atom stereocenters. The first kappa shape index (κ1) is 23.8. The van der Waals surface area contributed by atoms with Gasteiger partial charge < -0.3 is 10.2 Å². The van der Waals surface area contributed by atoms with Crippen LogP contribution in [0.3, 0.4) is 0 Å². The molecule has 0 fully saturated rings. The minimum atomic E-state index is -0.729. The van der Waals surface area contributed by atoms with Gasteiger partial charge in [-0.2, -0.15) is 10.2 Å². The molecule has 27 heavy (non-hydrogen) atoms. The molecular formula is C17H28N6O4. The SMILES string of the molecule is CC.CCc1ccc(=O)n(NC(=O)OC)n1.CCc1ccc(=O)n(NC)n1. The van der Waals surface area contributed by atoms with Crippen molar-refractivity contribution < 1.29 is 9.53 Å². The molecule has 0 bridgehead atoms. The third-order valence-electron chi connectivity index (χ3n) is 3.03. The van der Waals surface area contributed by atoms with E-state index in [1.807, 2.05) is 27.7 Å². The molecule has 0 aliphatic rings. The number of carbonyl (C=O) groups excluding carboxylic acids is 1. The number of aromatic nitrogens is 4. The third-order valence-corrected chi connectivity index (χ3v) is 3.03. The molecule has 0 saturated carbocycles. The molecule has 10 heteroatoms. The lowest BCUT2D eigenvalue weighted by atomic mass is 10.3. The second-order valence-electron chi connectivity index (χ2n) is 4.68. The fourth-order valence-electron chi connectivity index (χ4n) is 1.65. The Kier molecular flexibility index (Phi) is 11.6. The van der Waals surface area contributed by atoms with Crippen LogP contribution in [0.25, 0.3) is 0 Å². The largest absolute Gasteiger partial charge is 0.452 e. The predicted octanol–water partition coefficient (Wildman–Crippen LogP) is 1.12. The Labute approximate surface area is 158 Å². The average Bonchev–Trinajstić information content (AvgIpc) is 2.71. The van der Waals surface area contributed by atoms with E-state index in [9.17, 15) is 14.4 Å². The summed E-state index contributed by atoms with van der Waals surface area (Å²) >= 11 is 0. The summed E-state index contributed by atoms with van der Waals surface area (Å²) in [5, 5.41) is 7.87. The summed E-state index contributed by atoms with van der Waals surface area (Å²) in [5.74, 6) is 0. The minimum absolute atomic E-state index is 0.135. The highest BCUT2D eigenvalue weighted by Gasteiger charge is 2.03. The van der Waals surface area contributed by atoms with Gasteiger partial charge in [0, 0.05) is 19.2 Å². The molecule has 2 N–H and O–H groups in total. The highest BCUT2D eigenvalue weighted by atomic mass is 16.5. The summed E-state index contributed by atoms with van der Waals surface area (Å²) in [6.45, 7) is 7.89. The Morgan fingerprint density at radius 3 is 1.81 bits per heavy atom. The van der Waals surface area contributed by atoms with Gasteiger partial charge in [0.1, 0.15) is 0 Å². The smallest absolute Gasteiger partial charge is 0.427 e. The van der Waals surface area contributed by atoms with E-state index in [1.54, 1.807) is 19.2 Å². The number of rotatable bonds is 4. The summed E-state index contributed by atoms with van der Waals surface area (Å²) in [6.07, 6.45) is 0.790. The normalized spacial score (nSPS) is 9.11. The summed E-state index contributed by atoms with van der Waals surface area (Å²) < 4.78 is 4.33. The second kappa shape index (κ2) is 13.1. The summed E-state index contributed by atoms with van der Waals surface area (Å²) in [6, 6.07) is 6.18. The molecular weight excluding hydrogens is 352 g/mol. The van der Waals surface area contributed by atoms with Crippen LogP contribution in [0.15, 0.2) is 33.9 Å². The molecule has 2 aromatic rings. The monoisotopic (exact) mass is 380 g/mol. The van der Waals surface area contributed by atoms with Crippen LogP contribution in [0.4, 0.5) is 4.79 Å². The molecule has 2 rings (SSSR count). The Balaban J connectivity index is 0.000000469. The van der Waals surface area contributed by atoms with Crippen molar-refractivity contribution in [3.63, 3.8) is 0 Å². The Morgan fingerprint density at radius 1 is 0.963 bits per heavy atom. The maximum atomic E-state index is 11.2. The molecule has 150 valence electrons. The number of methoxy groups -OCH3 is 1. The highest BCUT2D eigenvalue weighted by Crippen LogP contribution is 1.90. The van der Waals surface area contributed by atoms with E-state index in [0.717, 1.165) is 16.9 Å². The van der Waals surface area contributed by atoms with Crippen LogP contribution in [-0.4, -0.2) is 40.0 Å². The summed E-state index contributed by atoms with van der Waals surface area (Å²) in [5.41, 5.74) is 5.90. The van der Waals surface area contributed by atoms with E-state index >= 15 is 0 Å². The second-order valence-corrected chi connectivity index (χ2v) is 4.68. The molecule has 10 nitrogen and oxygen atoms in total. The number of hydrogen-bond acceptors (Lipinski definition) is 7. The first-order valence-electron chi connectivity index (χ1n) is 8.66. The molecule has 1 amide bonds. The zero-order chi connectivity index (χ0) is 20.8. The van der Waals surface area contributed by atoms with Crippen molar-refractivity contribution in [1.82, 2.24) is 19.8 Å². The first-order chi connectivity index (χ1) is 12.9. The maximum Gasteiger partial charge on any atom is 0.427 e. The van der Waals surface area contributed by atoms with Crippen LogP contribution in [0.5, 0.6) is 0 Å². The maximum absolute atomic E-state index is 11.2. The minimum Gasteiger partial charge on any atom is -0.452 e. The van der Waals surface area contributed by atoms with Crippen molar-refractivity contribution in [3.05, 3.63) is 56.4 Å². The topological polar surface area (TPSA) is 120 Å². The highest BCUT2D eigenvalue weighted by molar-refractivity contribution is 5.75. The van der Waals surface area contributed by atoms with E-state index in [-0.39, 0.29) is 5.56 Å². The van der Waals surface area contributed by atoms with Crippen LogP contribution >= 0.6 is 0 Å². The number of hydrogen-bond donors (Lipinski definition) is 2. The molecule has 0 aliphatic carbocycles. The van der Waals surface area contributed by atoms with Crippen LogP contribution in [0.2, 0.25) is 0 Å². The van der Waals surface area contributed by atoms with Crippen LogP contribution in [0, 0.1) is 0 Å². The van der Waals surface area contributed by atoms with E-state index in [2.05, 4.69) is 25.8 Å². The molecule has 0 aliphatic heterocycles. The van der Waals surface area contributed by atoms with Gasteiger partial charge in [-0.05, 0) is 25.0 Å². The molecule has 0 aromatic carbocycles. The molecule has 0 saturated heterocycles. The van der Waals surface area contributed by atoms with Gasteiger partial charge in [-0.1, -0.05) is 27.7 Å². The zero-order valence-electron chi connectivity index (χ0n) is 16.6. The van der Waals surface area contributed by atoms with Gasteiger partial charge in [0.25, 0.3) is 11.1 Å². The fourth-order valence-corrected chi connectivity index (χ4v) is 1.65. The lowest BCUT2D eigenvalue weighted by Crippen LogP contribution is -2.35. The van der Waals surface area contributed by atoms with Crippen molar-refractivity contribution in [2.24, 2.45) is 0 Å². The third kappa shape index (κ3) is 8.17. The van der Waals surface area contributed by atoms with Gasteiger partial charge in [0.15, 0.2) is 0 Å². The van der Waals surface area contributed by atoms with Crippen molar-refractivity contribution in [1.29, 1.82) is 0 Å². The van der Waals surface area contributed by atoms with Crippen molar-refractivity contribution >= 4 is 6.09 Å². The number of nitrogens with zero attached hydrogens (tertiary/aromatic N) is 4. The summed E-state index contributed by atoms with van der Waals surface area (Å²) in [4.78, 5) is 35.0. The van der Waals surface area contributed by atoms with E-state index < -0.39 is 11.7 Å². The zero-order valence-corrected chi connectivity index (χ0v) is 16.6. The number of carbonyl (C=O) groups is 1. The molecule has 0 spiro atoms. The van der Waals surface area contributed by atoms with Crippen LogP contribution < -0.4 is 22.0 Å². The molecule has 0 radical (unpaired) electrons. The van der Waals surface area contributed by atoms with Crippen molar-refractivity contribution in [2.75, 3.05) is 25.0 Å². The van der Waals surface area contributed by atoms with Crippen LogP contribution in [-0.2, 0) is 17.6 Å². The summed E-state index contributed by atoms with van der Waals surface area (Å²) in [7, 11) is 2.87. The van der Waals surface area contributed by atoms with Gasteiger partial charge >= 0.3 is 6.09 Å². The lowest BCUT2D eigenvalue weighted by Gasteiger charge is -2.05. The van der Waals surface area contributed by atoms with E-state index in [4.69, 9.17) is 0 Å². The fraction of sp³-hybridized carbons (Fsp3) is 0.471. The standard InChI is InChI=1S/C8H11N3O3.C7H11N3O.C2H6/c1-3-6-4-5-7(12)11(9-6)10-8(13)14-2;1-3-6-4-5-7(11)10(8-2)9-6;1-2/h4-5H,3H2,1-2H3,(H,10,13);4-5,8H,3H2,1-2H3;1-2H3. The Morgan fingerprint density at radius 2 is 1.41 bits per heavy atom. The predicted molar refractivity (Wildman–Crippen MR) is 104 cm³/mol. The molecule has 2 heterocycles. The van der Waals surface area contributed by atoms with Gasteiger partial charge in [0.2, 0.25) is 0 Å². The van der Waals surface area contributed by atoms with Crippen molar-refractivity contribution in [2.45, 2.75) is 40.5 Å². The van der Waals surface area contributed by atoms with Crippen LogP contribution in [0.1, 0.15) is 39.1 Å².